The average Bonchev–Trinajstić information content (AvgIpc) is 3.17. The number of amides is 1. The molecule has 2 aliphatic rings. The Morgan fingerprint density at radius 3 is 2.43 bits per heavy atom. The third-order valence-corrected chi connectivity index (χ3v) is 5.33. The predicted molar refractivity (Wildman–Crippen MR) is 89.6 cm³/mol. The summed E-state index contributed by atoms with van der Waals surface area (Å²) in [6.45, 7) is 4.80. The van der Waals surface area contributed by atoms with Gasteiger partial charge in [0, 0.05) is 6.04 Å². The van der Waals surface area contributed by atoms with Crippen molar-refractivity contribution >= 4 is 5.91 Å². The van der Waals surface area contributed by atoms with Crippen LogP contribution in [0.3, 0.4) is 0 Å². The number of nitrogens with one attached hydrogen (secondary N) is 1. The summed E-state index contributed by atoms with van der Waals surface area (Å²) in [6, 6.07) is 7.63. The molecule has 0 unspecified atom stereocenters. The number of ether oxygens (including phenoxy) is 2. The van der Waals surface area contributed by atoms with E-state index in [0.717, 1.165) is 17.6 Å². The number of carbonyl (C=O) groups excluding carboxylic acids is 1. The van der Waals surface area contributed by atoms with E-state index in [1.54, 1.807) is 0 Å². The number of benzene rings is 1. The molecule has 1 N–H and O–H groups in total. The maximum Gasteiger partial charge on any atom is 0.258 e. The van der Waals surface area contributed by atoms with E-state index in [9.17, 15) is 4.79 Å². The molecule has 126 valence electrons. The van der Waals surface area contributed by atoms with Gasteiger partial charge in [0.2, 0.25) is 0 Å². The first-order valence-corrected chi connectivity index (χ1v) is 8.80. The quantitative estimate of drug-likeness (QED) is 0.838. The van der Waals surface area contributed by atoms with Crippen molar-refractivity contribution < 1.29 is 14.3 Å². The molecular weight excluding hydrogens is 290 g/mol. The normalized spacial score (nSPS) is 26.8. The molecule has 0 aromatic heterocycles. The van der Waals surface area contributed by atoms with E-state index in [0.29, 0.717) is 18.3 Å². The molecule has 0 heterocycles. The Hall–Kier alpha value is -1.71. The largest absolute Gasteiger partial charge is 0.494 e. The Balaban J connectivity index is 1.42. The molecule has 2 saturated carbocycles. The summed E-state index contributed by atoms with van der Waals surface area (Å²) in [5.41, 5.74) is 0. The Labute approximate surface area is 138 Å². The maximum atomic E-state index is 12.1. The third-order valence-electron chi connectivity index (χ3n) is 5.33. The number of fused-ring (bicyclic) bond motifs is 2. The van der Waals surface area contributed by atoms with Crippen molar-refractivity contribution in [3.63, 3.8) is 0 Å². The summed E-state index contributed by atoms with van der Waals surface area (Å²) in [5, 5.41) is 3.12. The van der Waals surface area contributed by atoms with Crippen molar-refractivity contribution in [1.29, 1.82) is 0 Å². The van der Waals surface area contributed by atoms with Gasteiger partial charge in [-0.05, 0) is 75.1 Å². The van der Waals surface area contributed by atoms with Crippen molar-refractivity contribution in [2.45, 2.75) is 45.6 Å². The van der Waals surface area contributed by atoms with E-state index in [4.69, 9.17) is 9.47 Å². The molecule has 0 aliphatic heterocycles. The first-order chi connectivity index (χ1) is 11.2. The molecule has 0 radical (unpaired) electrons. The Morgan fingerprint density at radius 2 is 1.87 bits per heavy atom. The van der Waals surface area contributed by atoms with Gasteiger partial charge >= 0.3 is 0 Å². The van der Waals surface area contributed by atoms with E-state index in [1.165, 1.54) is 25.7 Å². The van der Waals surface area contributed by atoms with Crippen LogP contribution < -0.4 is 14.8 Å². The minimum absolute atomic E-state index is 0.0332. The minimum Gasteiger partial charge on any atom is -0.494 e. The Bertz CT molecular complexity index is 528. The van der Waals surface area contributed by atoms with Gasteiger partial charge in [-0.1, -0.05) is 6.42 Å². The molecule has 2 bridgehead atoms. The summed E-state index contributed by atoms with van der Waals surface area (Å²) >= 11 is 0. The number of rotatable bonds is 7. The van der Waals surface area contributed by atoms with Gasteiger partial charge in [0.1, 0.15) is 11.5 Å². The molecule has 23 heavy (non-hydrogen) atoms. The van der Waals surface area contributed by atoms with Crippen molar-refractivity contribution in [2.24, 2.45) is 17.8 Å². The summed E-state index contributed by atoms with van der Waals surface area (Å²) in [5.74, 6) is 3.86. The van der Waals surface area contributed by atoms with E-state index < -0.39 is 0 Å². The van der Waals surface area contributed by atoms with Gasteiger partial charge in [-0.3, -0.25) is 4.79 Å². The zero-order chi connectivity index (χ0) is 16.2. The fourth-order valence-corrected chi connectivity index (χ4v) is 4.26. The van der Waals surface area contributed by atoms with Gasteiger partial charge in [0.15, 0.2) is 6.61 Å². The van der Waals surface area contributed by atoms with Crippen LogP contribution in [0.4, 0.5) is 0 Å². The molecule has 1 aromatic carbocycles. The lowest BCUT2D eigenvalue weighted by molar-refractivity contribution is -0.124. The van der Waals surface area contributed by atoms with Gasteiger partial charge in [-0.2, -0.15) is 0 Å². The zero-order valence-corrected chi connectivity index (χ0v) is 14.1. The molecule has 1 amide bonds. The Morgan fingerprint density at radius 1 is 1.17 bits per heavy atom. The van der Waals surface area contributed by atoms with Crippen LogP contribution in [0.25, 0.3) is 0 Å². The lowest BCUT2D eigenvalue weighted by Crippen LogP contribution is -2.42. The van der Waals surface area contributed by atoms with Crippen molar-refractivity contribution in [3.8, 4) is 11.5 Å². The summed E-state index contributed by atoms with van der Waals surface area (Å²) in [7, 11) is 0. The number of hydrogen-bond donors (Lipinski definition) is 1. The molecule has 2 aliphatic carbocycles. The average molecular weight is 317 g/mol. The molecule has 4 heteroatoms. The molecule has 3 rings (SSSR count). The molecule has 4 atom stereocenters. The fraction of sp³-hybridized carbons (Fsp3) is 0.632. The molecule has 2 fully saturated rings. The topological polar surface area (TPSA) is 47.6 Å². The standard InChI is InChI=1S/C19H27NO3/c1-3-22-16-6-8-17(9-7-16)23-12-19(21)20-13(2)18-11-14-4-5-15(18)10-14/h6-9,13-15,18H,3-5,10-12H2,1-2H3,(H,20,21)/t13-,14-,15-,18-/m0/s1. The molecule has 4 nitrogen and oxygen atoms in total. The van der Waals surface area contributed by atoms with Crippen molar-refractivity contribution in [3.05, 3.63) is 24.3 Å². The monoisotopic (exact) mass is 317 g/mol. The van der Waals surface area contributed by atoms with Crippen LogP contribution in [0.15, 0.2) is 24.3 Å². The van der Waals surface area contributed by atoms with Crippen LogP contribution in [-0.4, -0.2) is 25.2 Å². The van der Waals surface area contributed by atoms with E-state index in [-0.39, 0.29) is 18.6 Å². The highest BCUT2D eigenvalue weighted by Gasteiger charge is 2.42. The van der Waals surface area contributed by atoms with Crippen LogP contribution in [0.1, 0.15) is 39.5 Å². The van der Waals surface area contributed by atoms with Gasteiger partial charge in [-0.15, -0.1) is 0 Å². The second-order valence-corrected chi connectivity index (χ2v) is 6.89. The van der Waals surface area contributed by atoms with Crippen LogP contribution in [0.2, 0.25) is 0 Å². The van der Waals surface area contributed by atoms with E-state index >= 15 is 0 Å². The molecular formula is C19H27NO3. The fourth-order valence-electron chi connectivity index (χ4n) is 4.26. The molecule has 0 spiro atoms. The van der Waals surface area contributed by atoms with Gasteiger partial charge in [0.05, 0.1) is 6.61 Å². The lowest BCUT2D eigenvalue weighted by Gasteiger charge is -2.28. The highest BCUT2D eigenvalue weighted by molar-refractivity contribution is 5.77. The first-order valence-electron chi connectivity index (χ1n) is 8.80. The van der Waals surface area contributed by atoms with Gasteiger partial charge < -0.3 is 14.8 Å². The van der Waals surface area contributed by atoms with Crippen LogP contribution in [0, 0.1) is 17.8 Å². The molecule has 0 saturated heterocycles. The van der Waals surface area contributed by atoms with Gasteiger partial charge in [-0.25, -0.2) is 0 Å². The SMILES string of the molecule is CCOc1ccc(OCC(=O)N[C@@H](C)[C@@H]2C[C@H]3CC[C@H]2C3)cc1. The number of hydrogen-bond acceptors (Lipinski definition) is 3. The van der Waals surface area contributed by atoms with Crippen LogP contribution >= 0.6 is 0 Å². The van der Waals surface area contributed by atoms with Crippen LogP contribution in [-0.2, 0) is 4.79 Å². The van der Waals surface area contributed by atoms with Crippen molar-refractivity contribution in [1.82, 2.24) is 5.32 Å². The lowest BCUT2D eigenvalue weighted by atomic mass is 9.84. The maximum absolute atomic E-state index is 12.1. The summed E-state index contributed by atoms with van der Waals surface area (Å²) in [6.07, 6.45) is 5.39. The van der Waals surface area contributed by atoms with E-state index in [1.807, 2.05) is 31.2 Å². The zero-order valence-electron chi connectivity index (χ0n) is 14.1. The second kappa shape index (κ2) is 7.24. The smallest absolute Gasteiger partial charge is 0.258 e. The molecule has 1 aromatic rings. The highest BCUT2D eigenvalue weighted by atomic mass is 16.5. The summed E-state index contributed by atoms with van der Waals surface area (Å²) < 4.78 is 10.9. The minimum atomic E-state index is -0.0332. The predicted octanol–water partition coefficient (Wildman–Crippen LogP) is 3.41. The third kappa shape index (κ3) is 3.98. The first kappa shape index (κ1) is 16.2. The van der Waals surface area contributed by atoms with Gasteiger partial charge in [0.25, 0.3) is 5.91 Å². The Kier molecular flexibility index (Phi) is 5.09. The van der Waals surface area contributed by atoms with Crippen molar-refractivity contribution in [2.75, 3.05) is 13.2 Å². The van der Waals surface area contributed by atoms with E-state index in [2.05, 4.69) is 12.2 Å². The summed E-state index contributed by atoms with van der Waals surface area (Å²) in [4.78, 5) is 12.1. The number of carbonyl (C=O) groups is 1. The van der Waals surface area contributed by atoms with Crippen LogP contribution in [0.5, 0.6) is 11.5 Å². The highest BCUT2D eigenvalue weighted by Crippen LogP contribution is 2.49. The second-order valence-electron chi connectivity index (χ2n) is 6.89.